The highest BCUT2D eigenvalue weighted by Crippen LogP contribution is 2.25. The summed E-state index contributed by atoms with van der Waals surface area (Å²) in [6, 6.07) is 12.4. The van der Waals surface area contributed by atoms with E-state index in [1.54, 1.807) is 0 Å². The van der Waals surface area contributed by atoms with Crippen LogP contribution in [0, 0.1) is 11.8 Å². The Kier molecular flexibility index (Phi) is 118. The smallest absolute Gasteiger partial charge is 0.373 e. The van der Waals surface area contributed by atoms with Gasteiger partial charge in [-0.05, 0) is 231 Å². The van der Waals surface area contributed by atoms with Crippen LogP contribution < -0.4 is 63.8 Å². The quantitative estimate of drug-likeness (QED) is 0.0279. The second-order valence-electron chi connectivity index (χ2n) is 40.3. The average Bonchev–Trinajstić information content (AvgIpc) is 1.91. The lowest BCUT2D eigenvalue weighted by atomic mass is 9.87. The molecule has 4 fully saturated rings. The van der Waals surface area contributed by atoms with Gasteiger partial charge < -0.3 is 83.8 Å². The van der Waals surface area contributed by atoms with E-state index in [9.17, 15) is 0 Å². The standard InChI is InChI=1S/C10H21N.C9H19N.2C7H17NO.2C7H15N.3C7H17N.4C6H15N.C5H13N.2CO2/c1-8(2)11-10-6-4-5-9(3)7-10;1-7(2)10-9-5-4-8(3)6-9;2*1-6(2)8-7(3,4)5-9;2*1-7(2)8-5-3-4-6-8;1-6(2)8-7(3,4)5;1-5-7(4)8-6(2)3;1-4-5-6-8-7(2)3;2*1-5(2)7-6(3)4;2*1-4-5-7-6(2)3;1-4-6-5(2)3;2*2-1-3/h8-11H,4-7H2,1-3H3;7-10H,4-6H2,1-3H3;2*6,8-9H,5H2,1-4H3;2*7H,3-6H2,1-2H3;6,8H,1-5H3;6-8H,5H2,1-4H3;7-8H,4-6H2,1-3H3;2*5-7H,1-4H3;2*6-7H,4-5H2,1-3H3;5-6H,4H2,1-3H3;;/t9-,10+;8-,9+;;;;;;7-;;;;;;;;/m01.....0......../s1. The molecule has 2 saturated heterocycles. The Morgan fingerprint density at radius 3 is 0.756 bits per heavy atom. The van der Waals surface area contributed by atoms with E-state index in [4.69, 9.17) is 29.4 Å². The largest absolute Gasteiger partial charge is 0.394 e. The monoisotopic (exact) mass is 1710 g/mol. The van der Waals surface area contributed by atoms with Crippen LogP contribution in [0.4, 0.5) is 0 Å². The molecule has 119 heavy (non-hydrogen) atoms. The van der Waals surface area contributed by atoms with Gasteiger partial charge in [0, 0.05) is 131 Å². The third-order valence-corrected chi connectivity index (χ3v) is 17.2. The van der Waals surface area contributed by atoms with Gasteiger partial charge in [0.05, 0.1) is 13.2 Å². The van der Waals surface area contributed by atoms with Gasteiger partial charge in [0.25, 0.3) is 0 Å². The maximum absolute atomic E-state index is 8.78. The summed E-state index contributed by atoms with van der Waals surface area (Å²) in [5.74, 6) is 1.90. The molecule has 2 heterocycles. The first-order chi connectivity index (χ1) is 54.7. The molecule has 5 atom stereocenters. The molecule has 2 saturated carbocycles. The van der Waals surface area contributed by atoms with Gasteiger partial charge in [0.15, 0.2) is 0 Å². The Morgan fingerprint density at radius 1 is 0.336 bits per heavy atom. The zero-order valence-electron chi connectivity index (χ0n) is 89.4. The van der Waals surface area contributed by atoms with Gasteiger partial charge >= 0.3 is 12.3 Å². The van der Waals surface area contributed by atoms with Crippen LogP contribution in [-0.2, 0) is 19.2 Å². The SMILES string of the molecule is CC(C)N1CCCC1.CC(C)N1CCCC1.CC(C)NC(C)(C)C.CC(C)NC(C)(C)CO.CC(C)NC(C)(C)CO.CC(C)NC(C)C.CC(C)NC(C)C.CC(C)N[C@@H]1CCC[C@H](C)C1.CC(C)N[C@H]1CC[C@@H](C)C1.CCCCNC(C)C.CCCNC(C)C.CCCNC(C)C.CCNC(C)C.CC[C@H](C)NC(C)C.O=C=O.O=C=O. The molecule has 2 aliphatic heterocycles. The Labute approximate surface area is 748 Å². The number of hydrogen-bond acceptors (Lipinski definition) is 20. The molecule has 2 aliphatic carbocycles. The Bertz CT molecular complexity index is 1860. The highest BCUT2D eigenvalue weighted by Gasteiger charge is 2.22. The summed E-state index contributed by atoms with van der Waals surface area (Å²) in [4.78, 5) is 37.6. The van der Waals surface area contributed by atoms with Gasteiger partial charge in [-0.25, -0.2) is 0 Å². The van der Waals surface area contributed by atoms with E-state index < -0.39 is 0 Å². The minimum atomic E-state index is -0.131. The summed E-state index contributed by atoms with van der Waals surface area (Å²) in [5.41, 5.74) is 0.0104. The predicted molar refractivity (Wildman–Crippen MR) is 532 cm³/mol. The minimum absolute atomic E-state index is 0.131. The van der Waals surface area contributed by atoms with E-state index in [0.29, 0.717) is 90.6 Å². The van der Waals surface area contributed by atoms with Crippen LogP contribution in [0.3, 0.4) is 0 Å². The Balaban J connectivity index is -0.000000103. The summed E-state index contributed by atoms with van der Waals surface area (Å²) >= 11 is 0. The van der Waals surface area contributed by atoms with Gasteiger partial charge in [-0.2, -0.15) is 19.2 Å². The minimum Gasteiger partial charge on any atom is -0.394 e. The molecule has 0 radical (unpaired) electrons. The molecule has 0 unspecified atom stereocenters. The van der Waals surface area contributed by atoms with Crippen molar-refractivity contribution in [3.63, 3.8) is 0 Å². The van der Waals surface area contributed by atoms with Crippen molar-refractivity contribution in [3.05, 3.63) is 0 Å². The molecule has 20 nitrogen and oxygen atoms in total. The van der Waals surface area contributed by atoms with Crippen molar-refractivity contribution in [3.8, 4) is 0 Å². The van der Waals surface area contributed by atoms with Gasteiger partial charge in [0.1, 0.15) is 0 Å². The van der Waals surface area contributed by atoms with Crippen LogP contribution >= 0.6 is 0 Å². The number of likely N-dealkylation sites (tertiary alicyclic amines) is 2. The first-order valence-corrected chi connectivity index (χ1v) is 48.4. The number of unbranched alkanes of at least 4 members (excludes halogenated alkanes) is 1. The molecule has 0 aromatic heterocycles. The van der Waals surface area contributed by atoms with Gasteiger partial charge in [-0.3, -0.25) is 0 Å². The van der Waals surface area contributed by atoms with Crippen molar-refractivity contribution in [1.82, 2.24) is 73.6 Å². The number of hydrogen-bond donors (Lipinski definition) is 14. The van der Waals surface area contributed by atoms with E-state index in [1.807, 2.05) is 27.7 Å². The first kappa shape index (κ1) is 143. The Hall–Kier alpha value is -1.88. The summed E-state index contributed by atoms with van der Waals surface area (Å²) in [7, 11) is 0. The molecule has 0 spiro atoms. The highest BCUT2D eigenvalue weighted by molar-refractivity contribution is 5.20. The van der Waals surface area contributed by atoms with Crippen LogP contribution in [0.2, 0.25) is 0 Å². The molecule has 0 aromatic carbocycles. The lowest BCUT2D eigenvalue weighted by Crippen LogP contribution is -2.46. The first-order valence-electron chi connectivity index (χ1n) is 48.4. The molecule has 0 bridgehead atoms. The summed E-state index contributed by atoms with van der Waals surface area (Å²) in [6.07, 6.45) is 22.3. The van der Waals surface area contributed by atoms with E-state index in [-0.39, 0.29) is 42.1 Å². The van der Waals surface area contributed by atoms with E-state index in [1.165, 1.54) is 135 Å². The fraction of sp³-hybridized carbons (Fsp3) is 0.980. The second kappa shape index (κ2) is 98.3. The van der Waals surface area contributed by atoms with Crippen molar-refractivity contribution < 1.29 is 29.4 Å². The Morgan fingerprint density at radius 2 is 0.622 bits per heavy atom. The molecular formula is C99H228N14O6. The average molecular weight is 1710 g/mol. The number of aliphatic hydroxyl groups is 2. The second-order valence-corrected chi connectivity index (χ2v) is 40.3. The highest BCUT2D eigenvalue weighted by atomic mass is 16.3. The molecule has 14 N–H and O–H groups in total. The number of nitrogens with one attached hydrogen (secondary N) is 12. The van der Waals surface area contributed by atoms with E-state index in [2.05, 4.69) is 371 Å². The fourth-order valence-corrected chi connectivity index (χ4v) is 12.8. The summed E-state index contributed by atoms with van der Waals surface area (Å²) in [5, 5.41) is 57.7. The van der Waals surface area contributed by atoms with Gasteiger partial charge in [0.2, 0.25) is 0 Å². The third-order valence-electron chi connectivity index (χ3n) is 17.2. The number of carbonyl (C=O) groups excluding carboxylic acids is 4. The maximum atomic E-state index is 8.78. The lowest BCUT2D eigenvalue weighted by Gasteiger charge is -2.29. The van der Waals surface area contributed by atoms with E-state index >= 15 is 0 Å². The van der Waals surface area contributed by atoms with E-state index in [0.717, 1.165) is 55.6 Å². The van der Waals surface area contributed by atoms with Crippen LogP contribution in [-0.4, -0.2) is 229 Å². The van der Waals surface area contributed by atoms with Crippen molar-refractivity contribution in [2.24, 2.45) is 11.8 Å². The predicted octanol–water partition coefficient (Wildman–Crippen LogP) is 20.0. The van der Waals surface area contributed by atoms with Crippen molar-refractivity contribution in [2.75, 3.05) is 65.6 Å². The molecule has 0 aromatic rings. The summed E-state index contributed by atoms with van der Waals surface area (Å²) in [6.45, 7) is 112. The lowest BCUT2D eigenvalue weighted by molar-refractivity contribution is -0.193. The third kappa shape index (κ3) is 157. The van der Waals surface area contributed by atoms with Gasteiger partial charge in [-0.15, -0.1) is 0 Å². The molecular weight excluding hydrogens is 1480 g/mol. The van der Waals surface area contributed by atoms with Crippen LogP contribution in [0.1, 0.15) is 428 Å². The number of nitrogens with zero attached hydrogens (tertiary/aromatic N) is 2. The molecule has 4 rings (SSSR count). The molecule has 20 heteroatoms. The van der Waals surface area contributed by atoms with Crippen molar-refractivity contribution >= 4 is 12.3 Å². The zero-order chi connectivity index (χ0) is 96.1. The van der Waals surface area contributed by atoms with Crippen LogP contribution in [0.15, 0.2) is 0 Å². The normalized spacial score (nSPS) is 16.5. The van der Waals surface area contributed by atoms with Crippen molar-refractivity contribution in [1.29, 1.82) is 0 Å². The number of rotatable bonds is 32. The molecule has 0 amide bonds. The maximum Gasteiger partial charge on any atom is 0.373 e. The zero-order valence-corrected chi connectivity index (χ0v) is 89.4. The van der Waals surface area contributed by atoms with Crippen LogP contribution in [0.5, 0.6) is 0 Å². The molecule has 730 valence electrons. The fourth-order valence-electron chi connectivity index (χ4n) is 12.8. The topological polar surface area (TPSA) is 260 Å². The van der Waals surface area contributed by atoms with Gasteiger partial charge in [-0.1, -0.05) is 262 Å². The van der Waals surface area contributed by atoms with Crippen LogP contribution in [0.25, 0.3) is 0 Å². The number of aliphatic hydroxyl groups excluding tert-OH is 2. The summed E-state index contributed by atoms with van der Waals surface area (Å²) < 4.78 is 0. The van der Waals surface area contributed by atoms with Crippen molar-refractivity contribution in [2.45, 2.75) is 560 Å². The molecule has 4 aliphatic rings.